The van der Waals surface area contributed by atoms with Crippen molar-refractivity contribution < 1.29 is 14.3 Å². The van der Waals surface area contributed by atoms with Crippen molar-refractivity contribution in [2.75, 3.05) is 33.4 Å². The van der Waals surface area contributed by atoms with E-state index in [1.54, 1.807) is 12.0 Å². The second-order valence-corrected chi connectivity index (χ2v) is 9.88. The molecule has 0 aliphatic carbocycles. The first-order chi connectivity index (χ1) is 14.5. The molecule has 6 nitrogen and oxygen atoms in total. The molecular formula is C21H22BrN3O3S2. The molecule has 2 saturated heterocycles. The Labute approximate surface area is 193 Å². The third-order valence-electron chi connectivity index (χ3n) is 5.32. The number of aromatic nitrogens is 1. The summed E-state index contributed by atoms with van der Waals surface area (Å²) in [5.74, 6) is 0.0239. The summed E-state index contributed by atoms with van der Waals surface area (Å²) in [6.45, 7) is 2.84. The Bertz CT molecular complexity index is 1040. The molecule has 30 heavy (non-hydrogen) atoms. The van der Waals surface area contributed by atoms with Gasteiger partial charge >= 0.3 is 0 Å². The van der Waals surface area contributed by atoms with Gasteiger partial charge in [-0.2, -0.15) is 0 Å². The molecule has 1 aromatic carbocycles. The molecule has 0 radical (unpaired) electrons. The van der Waals surface area contributed by atoms with Crippen LogP contribution < -0.4 is 0 Å². The van der Waals surface area contributed by atoms with Gasteiger partial charge < -0.3 is 14.2 Å². The van der Waals surface area contributed by atoms with E-state index in [-0.39, 0.29) is 11.8 Å². The van der Waals surface area contributed by atoms with Gasteiger partial charge in [0.05, 0.1) is 18.1 Å². The first-order valence-corrected chi connectivity index (χ1v) is 11.8. The summed E-state index contributed by atoms with van der Waals surface area (Å²) in [5, 5.41) is 0.987. The van der Waals surface area contributed by atoms with E-state index < -0.39 is 0 Å². The Hall–Kier alpha value is -1.68. The third kappa shape index (κ3) is 4.34. The van der Waals surface area contributed by atoms with E-state index in [1.165, 1.54) is 11.8 Å². The first kappa shape index (κ1) is 21.5. The number of rotatable bonds is 6. The van der Waals surface area contributed by atoms with Gasteiger partial charge in [-0.3, -0.25) is 14.5 Å². The highest BCUT2D eigenvalue weighted by Crippen LogP contribution is 2.35. The Morgan fingerprint density at radius 1 is 1.33 bits per heavy atom. The van der Waals surface area contributed by atoms with Crippen molar-refractivity contribution in [2.24, 2.45) is 0 Å². The quantitative estimate of drug-likeness (QED) is 0.438. The van der Waals surface area contributed by atoms with Gasteiger partial charge in [-0.25, -0.2) is 0 Å². The van der Waals surface area contributed by atoms with Crippen LogP contribution >= 0.6 is 39.9 Å². The van der Waals surface area contributed by atoms with Gasteiger partial charge in [0, 0.05) is 47.3 Å². The van der Waals surface area contributed by atoms with Gasteiger partial charge in [-0.05, 0) is 37.1 Å². The highest BCUT2D eigenvalue weighted by molar-refractivity contribution is 9.10. The fourth-order valence-corrected chi connectivity index (χ4v) is 5.43. The van der Waals surface area contributed by atoms with Crippen molar-refractivity contribution in [3.8, 4) is 0 Å². The zero-order valence-electron chi connectivity index (χ0n) is 16.6. The molecule has 9 heteroatoms. The van der Waals surface area contributed by atoms with E-state index in [2.05, 4.69) is 15.9 Å². The van der Waals surface area contributed by atoms with Crippen LogP contribution in [0.2, 0.25) is 0 Å². The maximum Gasteiger partial charge on any atom is 0.266 e. The summed E-state index contributed by atoms with van der Waals surface area (Å²) < 4.78 is 8.54. The molecule has 0 N–H and O–H groups in total. The number of hydrogen-bond donors (Lipinski definition) is 0. The lowest BCUT2D eigenvalue weighted by Gasteiger charge is -2.16. The van der Waals surface area contributed by atoms with Gasteiger partial charge in [0.15, 0.2) is 0 Å². The maximum absolute atomic E-state index is 12.8. The summed E-state index contributed by atoms with van der Waals surface area (Å²) in [5.41, 5.74) is 1.86. The van der Waals surface area contributed by atoms with Gasteiger partial charge in [0.2, 0.25) is 5.91 Å². The topological polar surface area (TPSA) is 54.8 Å². The van der Waals surface area contributed by atoms with E-state index in [0.29, 0.717) is 28.9 Å². The lowest BCUT2D eigenvalue weighted by atomic mass is 10.1. The molecule has 2 aliphatic rings. The second kappa shape index (κ2) is 9.21. The fraction of sp³-hybridized carbons (Fsp3) is 0.381. The second-order valence-electron chi connectivity index (χ2n) is 7.29. The highest BCUT2D eigenvalue weighted by Gasteiger charge is 2.32. The van der Waals surface area contributed by atoms with Crippen LogP contribution in [0, 0.1) is 0 Å². The summed E-state index contributed by atoms with van der Waals surface area (Å²) in [6, 6.07) is 5.98. The molecule has 1 aromatic heterocycles. The minimum Gasteiger partial charge on any atom is -0.383 e. The smallest absolute Gasteiger partial charge is 0.266 e. The van der Waals surface area contributed by atoms with Gasteiger partial charge in [-0.1, -0.05) is 39.9 Å². The van der Waals surface area contributed by atoms with Crippen molar-refractivity contribution >= 4 is 73.0 Å². The number of methoxy groups -OCH3 is 1. The monoisotopic (exact) mass is 507 g/mol. The van der Waals surface area contributed by atoms with Crippen LogP contribution in [0.3, 0.4) is 0 Å². The average molecular weight is 508 g/mol. The molecule has 158 valence electrons. The predicted octanol–water partition coefficient (Wildman–Crippen LogP) is 3.87. The molecule has 3 heterocycles. The molecule has 2 aliphatic heterocycles. The van der Waals surface area contributed by atoms with Gasteiger partial charge in [0.1, 0.15) is 10.9 Å². The van der Waals surface area contributed by atoms with E-state index in [9.17, 15) is 9.59 Å². The van der Waals surface area contributed by atoms with Crippen LogP contribution in [0.1, 0.15) is 18.4 Å². The number of thioether (sulfide) groups is 1. The molecule has 2 aromatic rings. The third-order valence-corrected chi connectivity index (χ3v) is 7.19. The fourth-order valence-electron chi connectivity index (χ4n) is 3.77. The summed E-state index contributed by atoms with van der Waals surface area (Å²) in [7, 11) is 1.60. The normalized spacial score (nSPS) is 18.4. The van der Waals surface area contributed by atoms with Crippen LogP contribution in [-0.2, 0) is 20.9 Å². The van der Waals surface area contributed by atoms with E-state index in [1.807, 2.05) is 39.9 Å². The number of ether oxygens (including phenoxy) is 1. The number of benzene rings is 1. The number of amides is 2. The number of likely N-dealkylation sites (tertiary alicyclic amines) is 1. The van der Waals surface area contributed by atoms with E-state index in [0.717, 1.165) is 46.9 Å². The maximum atomic E-state index is 12.8. The lowest BCUT2D eigenvalue weighted by Crippen LogP contribution is -2.31. The molecule has 0 unspecified atom stereocenters. The van der Waals surface area contributed by atoms with Crippen molar-refractivity contribution in [2.45, 2.75) is 19.4 Å². The van der Waals surface area contributed by atoms with Crippen LogP contribution in [-0.4, -0.2) is 63.9 Å². The largest absolute Gasteiger partial charge is 0.383 e. The Balaban J connectivity index is 1.66. The molecule has 2 fully saturated rings. The number of nitrogens with zero attached hydrogens (tertiary/aromatic N) is 3. The zero-order valence-corrected chi connectivity index (χ0v) is 19.8. The van der Waals surface area contributed by atoms with Gasteiger partial charge in [-0.15, -0.1) is 0 Å². The zero-order chi connectivity index (χ0) is 21.3. The van der Waals surface area contributed by atoms with Gasteiger partial charge in [0.25, 0.3) is 5.91 Å². The standard InChI is InChI=1S/C21H22BrN3O3S2/c1-28-9-8-25-20(27)18(30-21(25)29)10-14-12-24(13-19(26)23-6-2-3-7-23)17-5-4-15(22)11-16(14)17/h4-5,10-12H,2-3,6-9,13H2,1H3/b18-10-. The van der Waals surface area contributed by atoms with Crippen LogP contribution in [0.4, 0.5) is 0 Å². The van der Waals surface area contributed by atoms with Crippen LogP contribution in [0.15, 0.2) is 33.8 Å². The summed E-state index contributed by atoms with van der Waals surface area (Å²) >= 11 is 10.2. The Kier molecular flexibility index (Phi) is 6.62. The molecule has 0 bridgehead atoms. The number of thiocarbonyl (C=S) groups is 1. The number of carbonyl (C=O) groups is 2. The van der Waals surface area contributed by atoms with E-state index in [4.69, 9.17) is 17.0 Å². The first-order valence-electron chi connectivity index (χ1n) is 9.78. The van der Waals surface area contributed by atoms with Crippen molar-refractivity contribution in [1.29, 1.82) is 0 Å². The predicted molar refractivity (Wildman–Crippen MR) is 127 cm³/mol. The van der Waals surface area contributed by atoms with Crippen LogP contribution in [0.25, 0.3) is 17.0 Å². The minimum absolute atomic E-state index is 0.105. The molecule has 4 rings (SSSR count). The molecule has 0 spiro atoms. The minimum atomic E-state index is -0.105. The molecule has 2 amide bonds. The SMILES string of the molecule is COCCN1C(=O)/C(=C/c2cn(CC(=O)N3CCCC3)c3ccc(Br)cc23)SC1=S. The number of halogens is 1. The molecule has 0 saturated carbocycles. The highest BCUT2D eigenvalue weighted by atomic mass is 79.9. The van der Waals surface area contributed by atoms with Crippen LogP contribution in [0.5, 0.6) is 0 Å². The van der Waals surface area contributed by atoms with Crippen molar-refractivity contribution in [1.82, 2.24) is 14.4 Å². The Morgan fingerprint density at radius 2 is 2.10 bits per heavy atom. The number of carbonyl (C=O) groups excluding carboxylic acids is 2. The number of hydrogen-bond acceptors (Lipinski definition) is 5. The van der Waals surface area contributed by atoms with Crippen molar-refractivity contribution in [3.63, 3.8) is 0 Å². The summed E-state index contributed by atoms with van der Waals surface area (Å²) in [4.78, 5) is 29.6. The molecule has 0 atom stereocenters. The number of fused-ring (bicyclic) bond motifs is 1. The van der Waals surface area contributed by atoms with Crippen molar-refractivity contribution in [3.05, 3.63) is 39.3 Å². The average Bonchev–Trinajstić information content (AvgIpc) is 3.42. The Morgan fingerprint density at radius 3 is 2.83 bits per heavy atom. The lowest BCUT2D eigenvalue weighted by molar-refractivity contribution is -0.130. The summed E-state index contributed by atoms with van der Waals surface area (Å²) in [6.07, 6.45) is 5.97. The van der Waals surface area contributed by atoms with E-state index >= 15 is 0 Å². The molecular weight excluding hydrogens is 486 g/mol.